The first-order valence-corrected chi connectivity index (χ1v) is 7.16. The second kappa shape index (κ2) is 7.28. The summed E-state index contributed by atoms with van der Waals surface area (Å²) in [5.41, 5.74) is 2.90. The van der Waals surface area contributed by atoms with Crippen molar-refractivity contribution in [3.05, 3.63) is 35.4 Å². The Kier molecular flexibility index (Phi) is 5.38. The van der Waals surface area contributed by atoms with Gasteiger partial charge < -0.3 is 5.11 Å². The van der Waals surface area contributed by atoms with E-state index in [-0.39, 0.29) is 6.61 Å². The van der Waals surface area contributed by atoms with Crippen molar-refractivity contribution in [3.63, 3.8) is 0 Å². The highest BCUT2D eigenvalue weighted by Gasteiger charge is 2.26. The predicted molar refractivity (Wildman–Crippen MR) is 75.6 cm³/mol. The molecule has 1 atom stereocenters. The van der Waals surface area contributed by atoms with Gasteiger partial charge in [0.15, 0.2) is 0 Å². The zero-order chi connectivity index (χ0) is 13.5. The minimum Gasteiger partial charge on any atom is -0.396 e. The SMILES string of the molecule is N#CCCCN(CCCO)C1CCc2ccccc21. The van der Waals surface area contributed by atoms with Crippen molar-refractivity contribution in [1.29, 1.82) is 5.26 Å². The van der Waals surface area contributed by atoms with Crippen LogP contribution in [0.5, 0.6) is 0 Å². The largest absolute Gasteiger partial charge is 0.396 e. The van der Waals surface area contributed by atoms with E-state index in [1.807, 2.05) is 0 Å². The van der Waals surface area contributed by atoms with Crippen LogP contribution in [0.15, 0.2) is 24.3 Å². The Bertz CT molecular complexity index is 439. The van der Waals surface area contributed by atoms with Crippen LogP contribution in [0, 0.1) is 11.3 Å². The molecule has 0 bridgehead atoms. The molecule has 0 aliphatic heterocycles. The third-order valence-electron chi connectivity index (χ3n) is 3.88. The van der Waals surface area contributed by atoms with Crippen LogP contribution in [0.25, 0.3) is 0 Å². The van der Waals surface area contributed by atoms with Crippen LogP contribution in [0.1, 0.15) is 42.9 Å². The third kappa shape index (κ3) is 3.56. The highest BCUT2D eigenvalue weighted by atomic mass is 16.3. The summed E-state index contributed by atoms with van der Waals surface area (Å²) in [7, 11) is 0. The summed E-state index contributed by atoms with van der Waals surface area (Å²) in [6, 6.07) is 11.3. The third-order valence-corrected chi connectivity index (χ3v) is 3.88. The van der Waals surface area contributed by atoms with Gasteiger partial charge in [0.2, 0.25) is 0 Å². The van der Waals surface area contributed by atoms with Gasteiger partial charge in [-0.2, -0.15) is 5.26 Å². The average Bonchev–Trinajstić information content (AvgIpc) is 2.87. The molecule has 0 heterocycles. The van der Waals surface area contributed by atoms with Gasteiger partial charge >= 0.3 is 0 Å². The smallest absolute Gasteiger partial charge is 0.0622 e. The molecule has 1 aromatic rings. The molecular formula is C16H22N2O. The number of aliphatic hydroxyl groups is 1. The molecule has 2 rings (SSSR count). The van der Waals surface area contributed by atoms with Gasteiger partial charge in [-0.3, -0.25) is 4.90 Å². The second-order valence-corrected chi connectivity index (χ2v) is 5.13. The molecule has 0 fully saturated rings. The second-order valence-electron chi connectivity index (χ2n) is 5.13. The van der Waals surface area contributed by atoms with Gasteiger partial charge in [0.25, 0.3) is 0 Å². The van der Waals surface area contributed by atoms with Gasteiger partial charge in [0, 0.05) is 25.6 Å². The number of benzene rings is 1. The van der Waals surface area contributed by atoms with Crippen molar-refractivity contribution < 1.29 is 5.11 Å². The van der Waals surface area contributed by atoms with Crippen molar-refractivity contribution in [2.45, 2.75) is 38.1 Å². The highest BCUT2D eigenvalue weighted by molar-refractivity contribution is 5.34. The van der Waals surface area contributed by atoms with Gasteiger partial charge in [-0.15, -0.1) is 0 Å². The maximum atomic E-state index is 9.05. The van der Waals surface area contributed by atoms with Crippen molar-refractivity contribution in [1.82, 2.24) is 4.90 Å². The van der Waals surface area contributed by atoms with Crippen LogP contribution in [-0.4, -0.2) is 29.7 Å². The molecule has 0 saturated heterocycles. The Hall–Kier alpha value is -1.37. The fourth-order valence-electron chi connectivity index (χ4n) is 2.97. The molecule has 0 amide bonds. The van der Waals surface area contributed by atoms with E-state index >= 15 is 0 Å². The number of fused-ring (bicyclic) bond motifs is 1. The summed E-state index contributed by atoms with van der Waals surface area (Å²) in [5, 5.41) is 17.7. The van der Waals surface area contributed by atoms with E-state index in [4.69, 9.17) is 10.4 Å². The zero-order valence-electron chi connectivity index (χ0n) is 11.4. The quantitative estimate of drug-likeness (QED) is 0.765. The van der Waals surface area contributed by atoms with Crippen molar-refractivity contribution in [2.24, 2.45) is 0 Å². The first kappa shape index (κ1) is 14.0. The number of hydrogen-bond donors (Lipinski definition) is 1. The average molecular weight is 258 g/mol. The van der Waals surface area contributed by atoms with Crippen LogP contribution >= 0.6 is 0 Å². The molecule has 1 unspecified atom stereocenters. The Morgan fingerprint density at radius 2 is 2.05 bits per heavy atom. The van der Waals surface area contributed by atoms with Gasteiger partial charge in [0.1, 0.15) is 0 Å². The summed E-state index contributed by atoms with van der Waals surface area (Å²) in [6.07, 6.45) is 4.65. The Morgan fingerprint density at radius 3 is 2.84 bits per heavy atom. The van der Waals surface area contributed by atoms with E-state index in [0.29, 0.717) is 12.5 Å². The molecule has 1 N–H and O–H groups in total. The van der Waals surface area contributed by atoms with Crippen LogP contribution in [0.2, 0.25) is 0 Å². The summed E-state index contributed by atoms with van der Waals surface area (Å²) in [6.45, 7) is 2.11. The van der Waals surface area contributed by atoms with Crippen molar-refractivity contribution >= 4 is 0 Å². The molecule has 19 heavy (non-hydrogen) atoms. The molecule has 3 heteroatoms. The van der Waals surface area contributed by atoms with Crippen LogP contribution in [0.3, 0.4) is 0 Å². The van der Waals surface area contributed by atoms with E-state index in [0.717, 1.165) is 38.8 Å². The highest BCUT2D eigenvalue weighted by Crippen LogP contribution is 2.35. The molecule has 1 aliphatic rings. The van der Waals surface area contributed by atoms with Crippen molar-refractivity contribution in [2.75, 3.05) is 19.7 Å². The van der Waals surface area contributed by atoms with E-state index in [1.54, 1.807) is 0 Å². The number of aliphatic hydroxyl groups excluding tert-OH is 1. The number of unbranched alkanes of at least 4 members (excludes halogenated alkanes) is 1. The molecule has 102 valence electrons. The number of rotatable bonds is 7. The summed E-state index contributed by atoms with van der Waals surface area (Å²) < 4.78 is 0. The van der Waals surface area contributed by atoms with E-state index < -0.39 is 0 Å². The molecule has 3 nitrogen and oxygen atoms in total. The standard InChI is InChI=1S/C16H22N2O/c17-10-3-4-11-18(12-5-13-19)16-9-8-14-6-1-2-7-15(14)16/h1-2,6-7,16,19H,3-5,8-9,11-13H2. The summed E-state index contributed by atoms with van der Waals surface area (Å²) >= 11 is 0. The van der Waals surface area contributed by atoms with Gasteiger partial charge in [-0.1, -0.05) is 24.3 Å². The van der Waals surface area contributed by atoms with Crippen LogP contribution in [-0.2, 0) is 6.42 Å². The normalized spacial score (nSPS) is 17.4. The molecule has 0 spiro atoms. The number of aryl methyl sites for hydroxylation is 1. The minimum absolute atomic E-state index is 0.239. The van der Waals surface area contributed by atoms with E-state index in [9.17, 15) is 0 Å². The monoisotopic (exact) mass is 258 g/mol. The molecular weight excluding hydrogens is 236 g/mol. The Morgan fingerprint density at radius 1 is 1.26 bits per heavy atom. The predicted octanol–water partition coefficient (Wildman–Crippen LogP) is 2.66. The van der Waals surface area contributed by atoms with Gasteiger partial charge in [0.05, 0.1) is 6.07 Å². The zero-order valence-corrected chi connectivity index (χ0v) is 11.4. The topological polar surface area (TPSA) is 47.3 Å². The maximum Gasteiger partial charge on any atom is 0.0622 e. The summed E-state index contributed by atoms with van der Waals surface area (Å²) in [4.78, 5) is 2.44. The first-order chi connectivity index (χ1) is 9.36. The molecule has 0 radical (unpaired) electrons. The number of hydrogen-bond acceptors (Lipinski definition) is 3. The molecule has 1 aliphatic carbocycles. The lowest BCUT2D eigenvalue weighted by molar-refractivity contribution is 0.172. The summed E-state index contributed by atoms with van der Waals surface area (Å²) in [5.74, 6) is 0. The lowest BCUT2D eigenvalue weighted by atomic mass is 10.1. The number of nitrogens with zero attached hydrogens (tertiary/aromatic N) is 2. The fourth-order valence-corrected chi connectivity index (χ4v) is 2.97. The molecule has 0 saturated carbocycles. The first-order valence-electron chi connectivity index (χ1n) is 7.16. The molecule has 0 aromatic heterocycles. The van der Waals surface area contributed by atoms with E-state index in [2.05, 4.69) is 35.2 Å². The number of nitriles is 1. The Labute approximate surface area is 115 Å². The molecule has 1 aromatic carbocycles. The van der Waals surface area contributed by atoms with Crippen LogP contribution in [0.4, 0.5) is 0 Å². The maximum absolute atomic E-state index is 9.05. The van der Waals surface area contributed by atoms with E-state index in [1.165, 1.54) is 11.1 Å². The van der Waals surface area contributed by atoms with Gasteiger partial charge in [-0.25, -0.2) is 0 Å². The fraction of sp³-hybridized carbons (Fsp3) is 0.562. The minimum atomic E-state index is 0.239. The lowest BCUT2D eigenvalue weighted by Crippen LogP contribution is -2.30. The van der Waals surface area contributed by atoms with Gasteiger partial charge in [-0.05, 0) is 43.4 Å². The van der Waals surface area contributed by atoms with Crippen LogP contribution < -0.4 is 0 Å². The van der Waals surface area contributed by atoms with Crippen molar-refractivity contribution in [3.8, 4) is 6.07 Å². The Balaban J connectivity index is 2.04. The lowest BCUT2D eigenvalue weighted by Gasteiger charge is -2.29.